The zero-order chi connectivity index (χ0) is 14.5. The average molecular weight is 314 g/mol. The molecule has 0 aliphatic carbocycles. The fourth-order valence-electron chi connectivity index (χ4n) is 1.89. The van der Waals surface area contributed by atoms with Crippen LogP contribution in [-0.2, 0) is 9.59 Å². The van der Waals surface area contributed by atoms with E-state index in [9.17, 15) is 9.59 Å². The van der Waals surface area contributed by atoms with Gasteiger partial charge >= 0.3 is 11.8 Å². The molecule has 1 fully saturated rings. The molecular weight excluding hydrogens is 301 g/mol. The molecule has 1 saturated heterocycles. The first-order valence-electron chi connectivity index (χ1n) is 6.16. The minimum atomic E-state index is -0.749. The molecule has 0 aromatic heterocycles. The van der Waals surface area contributed by atoms with Crippen molar-refractivity contribution in [1.82, 2.24) is 10.3 Å². The number of hydrogen-bond acceptors (Lipinski definition) is 3. The zero-order valence-corrected chi connectivity index (χ0v) is 12.1. The molecule has 7 heteroatoms. The summed E-state index contributed by atoms with van der Waals surface area (Å²) >= 11 is 11.8. The van der Waals surface area contributed by atoms with Gasteiger partial charge in [-0.15, -0.1) is 0 Å². The van der Waals surface area contributed by atoms with Crippen molar-refractivity contribution in [2.45, 2.75) is 12.8 Å². The topological polar surface area (TPSA) is 61.8 Å². The molecule has 1 aliphatic heterocycles. The van der Waals surface area contributed by atoms with Gasteiger partial charge in [-0.2, -0.15) is 5.10 Å². The second-order valence-corrected chi connectivity index (χ2v) is 5.13. The van der Waals surface area contributed by atoms with E-state index in [1.165, 1.54) is 11.1 Å². The Morgan fingerprint density at radius 3 is 2.65 bits per heavy atom. The van der Waals surface area contributed by atoms with Crippen LogP contribution in [0.1, 0.15) is 18.4 Å². The van der Waals surface area contributed by atoms with Crippen molar-refractivity contribution in [3.63, 3.8) is 0 Å². The highest BCUT2D eigenvalue weighted by molar-refractivity contribution is 6.43. The summed E-state index contributed by atoms with van der Waals surface area (Å²) in [5.74, 6) is -1.31. The second kappa shape index (κ2) is 6.72. The molecular formula is C13H13Cl2N3O2. The van der Waals surface area contributed by atoms with E-state index in [-0.39, 0.29) is 0 Å². The lowest BCUT2D eigenvalue weighted by molar-refractivity contribution is -0.145. The number of hydrazone groups is 1. The summed E-state index contributed by atoms with van der Waals surface area (Å²) in [6, 6.07) is 5.07. The van der Waals surface area contributed by atoms with Crippen LogP contribution >= 0.6 is 23.2 Å². The standard InChI is InChI=1S/C13H13Cl2N3O2/c14-10-5-3-4-9(11(10)15)8-16-17-12(19)13(20)18-6-1-2-7-18/h3-5,8H,1-2,6-7H2,(H,17,19)/b16-8+. The lowest BCUT2D eigenvalue weighted by Crippen LogP contribution is -2.39. The largest absolute Gasteiger partial charge is 0.334 e. The minimum absolute atomic E-state index is 0.345. The van der Waals surface area contributed by atoms with Crippen LogP contribution in [0.5, 0.6) is 0 Å². The Labute approximate surface area is 126 Å². The smallest absolute Gasteiger partial charge is 0.329 e. The predicted molar refractivity (Wildman–Crippen MR) is 78.0 cm³/mol. The van der Waals surface area contributed by atoms with Gasteiger partial charge in [-0.25, -0.2) is 5.43 Å². The SMILES string of the molecule is O=C(N/N=C/c1cccc(Cl)c1Cl)C(=O)N1CCCC1. The molecule has 0 saturated carbocycles. The molecule has 5 nitrogen and oxygen atoms in total. The van der Waals surface area contributed by atoms with Crippen LogP contribution in [0.2, 0.25) is 10.0 Å². The Bertz CT molecular complexity index is 555. The normalized spacial score (nSPS) is 14.8. The fraction of sp³-hybridized carbons (Fsp3) is 0.308. The van der Waals surface area contributed by atoms with Crippen LogP contribution in [0.3, 0.4) is 0 Å². The fourth-order valence-corrected chi connectivity index (χ4v) is 2.25. The molecule has 0 radical (unpaired) electrons. The van der Waals surface area contributed by atoms with Crippen molar-refractivity contribution in [3.8, 4) is 0 Å². The van der Waals surface area contributed by atoms with Crippen molar-refractivity contribution in [3.05, 3.63) is 33.8 Å². The summed E-state index contributed by atoms with van der Waals surface area (Å²) < 4.78 is 0. The van der Waals surface area contributed by atoms with Crippen LogP contribution in [0.25, 0.3) is 0 Å². The van der Waals surface area contributed by atoms with E-state index in [1.807, 2.05) is 0 Å². The molecule has 20 heavy (non-hydrogen) atoms. The number of benzene rings is 1. The van der Waals surface area contributed by atoms with Crippen molar-refractivity contribution < 1.29 is 9.59 Å². The average Bonchev–Trinajstić information content (AvgIpc) is 2.96. The van der Waals surface area contributed by atoms with Gasteiger partial charge in [0.15, 0.2) is 0 Å². The molecule has 1 N–H and O–H groups in total. The lowest BCUT2D eigenvalue weighted by atomic mass is 10.2. The summed E-state index contributed by atoms with van der Waals surface area (Å²) in [6.45, 7) is 1.24. The van der Waals surface area contributed by atoms with Crippen LogP contribution < -0.4 is 5.43 Å². The Hall–Kier alpha value is -1.59. The van der Waals surface area contributed by atoms with E-state index in [4.69, 9.17) is 23.2 Å². The number of nitrogens with zero attached hydrogens (tertiary/aromatic N) is 2. The van der Waals surface area contributed by atoms with Gasteiger partial charge < -0.3 is 4.90 Å². The molecule has 106 valence electrons. The van der Waals surface area contributed by atoms with Crippen molar-refractivity contribution in [2.24, 2.45) is 5.10 Å². The summed E-state index contributed by atoms with van der Waals surface area (Å²) in [7, 11) is 0. The Kier molecular flexibility index (Phi) is 4.98. The van der Waals surface area contributed by atoms with Gasteiger partial charge in [-0.3, -0.25) is 9.59 Å². The van der Waals surface area contributed by atoms with Gasteiger partial charge in [0.05, 0.1) is 16.3 Å². The molecule has 0 unspecified atom stereocenters. The van der Waals surface area contributed by atoms with E-state index >= 15 is 0 Å². The maximum Gasteiger partial charge on any atom is 0.329 e. The molecule has 0 spiro atoms. The third-order valence-corrected chi connectivity index (χ3v) is 3.77. The maximum atomic E-state index is 11.7. The second-order valence-electron chi connectivity index (χ2n) is 4.34. The molecule has 0 bridgehead atoms. The van der Waals surface area contributed by atoms with E-state index < -0.39 is 11.8 Å². The van der Waals surface area contributed by atoms with Gasteiger partial charge in [0, 0.05) is 18.7 Å². The van der Waals surface area contributed by atoms with Gasteiger partial charge in [0.2, 0.25) is 0 Å². The van der Waals surface area contributed by atoms with Crippen molar-refractivity contribution in [1.29, 1.82) is 0 Å². The van der Waals surface area contributed by atoms with E-state index in [0.29, 0.717) is 28.7 Å². The third kappa shape index (κ3) is 3.49. The molecule has 1 aromatic rings. The number of amides is 2. The van der Waals surface area contributed by atoms with E-state index in [0.717, 1.165) is 12.8 Å². The summed E-state index contributed by atoms with van der Waals surface area (Å²) in [6.07, 6.45) is 3.21. The Balaban J connectivity index is 1.94. The molecule has 2 rings (SSSR count). The number of halogens is 2. The van der Waals surface area contributed by atoms with Crippen LogP contribution in [-0.4, -0.2) is 36.0 Å². The van der Waals surface area contributed by atoms with Gasteiger partial charge in [-0.05, 0) is 18.9 Å². The van der Waals surface area contributed by atoms with Crippen LogP contribution in [0.15, 0.2) is 23.3 Å². The Morgan fingerprint density at radius 1 is 1.25 bits per heavy atom. The predicted octanol–water partition coefficient (Wildman–Crippen LogP) is 2.07. The molecule has 0 atom stereocenters. The van der Waals surface area contributed by atoms with Crippen LogP contribution in [0.4, 0.5) is 0 Å². The zero-order valence-electron chi connectivity index (χ0n) is 10.6. The number of likely N-dealkylation sites (tertiary alicyclic amines) is 1. The molecule has 1 aromatic carbocycles. The number of nitrogens with one attached hydrogen (secondary N) is 1. The number of rotatable bonds is 2. The third-order valence-electron chi connectivity index (χ3n) is 2.94. The number of carbonyl (C=O) groups excluding carboxylic acids is 2. The summed E-state index contributed by atoms with van der Waals surface area (Å²) in [4.78, 5) is 24.8. The quantitative estimate of drug-likeness (QED) is 0.516. The highest BCUT2D eigenvalue weighted by Gasteiger charge is 2.23. The monoisotopic (exact) mass is 313 g/mol. The van der Waals surface area contributed by atoms with Crippen LogP contribution in [0, 0.1) is 0 Å². The minimum Gasteiger partial charge on any atom is -0.334 e. The van der Waals surface area contributed by atoms with E-state index in [2.05, 4.69) is 10.5 Å². The number of carbonyl (C=O) groups is 2. The molecule has 1 aliphatic rings. The number of hydrogen-bond donors (Lipinski definition) is 1. The first kappa shape index (κ1) is 14.8. The summed E-state index contributed by atoms with van der Waals surface area (Å²) in [5.41, 5.74) is 2.76. The van der Waals surface area contributed by atoms with Gasteiger partial charge in [0.25, 0.3) is 0 Å². The highest BCUT2D eigenvalue weighted by Crippen LogP contribution is 2.24. The summed E-state index contributed by atoms with van der Waals surface area (Å²) in [5, 5.41) is 4.46. The van der Waals surface area contributed by atoms with Gasteiger partial charge in [-0.1, -0.05) is 35.3 Å². The van der Waals surface area contributed by atoms with E-state index in [1.54, 1.807) is 18.2 Å². The lowest BCUT2D eigenvalue weighted by Gasteiger charge is -2.12. The first-order valence-corrected chi connectivity index (χ1v) is 6.91. The van der Waals surface area contributed by atoms with Gasteiger partial charge in [0.1, 0.15) is 0 Å². The highest BCUT2D eigenvalue weighted by atomic mass is 35.5. The van der Waals surface area contributed by atoms with Crippen molar-refractivity contribution >= 4 is 41.2 Å². The van der Waals surface area contributed by atoms with Crippen molar-refractivity contribution in [2.75, 3.05) is 13.1 Å². The first-order chi connectivity index (χ1) is 9.59. The Morgan fingerprint density at radius 2 is 1.95 bits per heavy atom. The molecule has 1 heterocycles. The molecule has 2 amide bonds. The maximum absolute atomic E-state index is 11.7.